The number of aromatic hydroxyl groups is 9. The number of phenolic OH excluding ortho intramolecular Hbond substituents is 9. The van der Waals surface area contributed by atoms with E-state index in [2.05, 4.69) is 0 Å². The zero-order chi connectivity index (χ0) is 30.9. The Morgan fingerprint density at radius 2 is 1.21 bits per heavy atom. The molecule has 0 radical (unpaired) electrons. The van der Waals surface area contributed by atoms with Gasteiger partial charge >= 0.3 is 0 Å². The first-order chi connectivity index (χ1) is 20.3. The number of aliphatic hydroxyl groups is 2. The van der Waals surface area contributed by atoms with Crippen LogP contribution in [0, 0.1) is 0 Å². The summed E-state index contributed by atoms with van der Waals surface area (Å²) in [6, 6.07) is 8.92. The van der Waals surface area contributed by atoms with Crippen molar-refractivity contribution in [3.63, 3.8) is 0 Å². The molecule has 0 saturated carbocycles. The molecular formula is C30H26O13. The summed E-state index contributed by atoms with van der Waals surface area (Å²) in [5, 5.41) is 116. The van der Waals surface area contributed by atoms with Crippen LogP contribution in [0.5, 0.6) is 63.2 Å². The summed E-state index contributed by atoms with van der Waals surface area (Å²) in [5.74, 6) is -6.77. The Morgan fingerprint density at radius 3 is 1.88 bits per heavy atom. The zero-order valence-electron chi connectivity index (χ0n) is 21.9. The standard InChI is InChI=1S/C30H26O13/c31-12-6-17(35)23-22(7-12)42-29(10-1-2-14(32)16(34)3-10)27(41)25(23)24-18(36)9-15(33)13-8-21(39)28(43-30(13)24)11-4-19(37)26(40)20(38)5-11/h1-7,9,21,25,27-29,31-41H,8H2. The number of aliphatic hydroxyl groups excluding tert-OH is 2. The highest BCUT2D eigenvalue weighted by molar-refractivity contribution is 5.66. The number of benzene rings is 4. The van der Waals surface area contributed by atoms with Crippen molar-refractivity contribution in [3.05, 3.63) is 76.3 Å². The second-order valence-corrected chi connectivity index (χ2v) is 10.5. The van der Waals surface area contributed by atoms with E-state index in [0.29, 0.717) is 0 Å². The molecule has 43 heavy (non-hydrogen) atoms. The van der Waals surface area contributed by atoms with E-state index in [1.165, 1.54) is 18.2 Å². The lowest BCUT2D eigenvalue weighted by molar-refractivity contribution is 0.00113. The van der Waals surface area contributed by atoms with Crippen molar-refractivity contribution in [2.75, 3.05) is 0 Å². The fraction of sp³-hybridized carbons (Fsp3) is 0.200. The Kier molecular flexibility index (Phi) is 6.36. The van der Waals surface area contributed by atoms with Gasteiger partial charge in [0.15, 0.2) is 41.0 Å². The zero-order valence-corrected chi connectivity index (χ0v) is 21.9. The molecule has 0 amide bonds. The molecule has 0 aromatic heterocycles. The minimum Gasteiger partial charge on any atom is -0.508 e. The maximum Gasteiger partial charge on any atom is 0.200 e. The molecule has 0 spiro atoms. The van der Waals surface area contributed by atoms with Gasteiger partial charge in [-0.05, 0) is 29.8 Å². The smallest absolute Gasteiger partial charge is 0.200 e. The van der Waals surface area contributed by atoms with Crippen LogP contribution in [0.25, 0.3) is 0 Å². The summed E-state index contributed by atoms with van der Waals surface area (Å²) in [6.45, 7) is 0. The number of rotatable bonds is 3. The van der Waals surface area contributed by atoms with Gasteiger partial charge in [-0.1, -0.05) is 6.07 Å². The lowest BCUT2D eigenvalue weighted by atomic mass is 9.77. The van der Waals surface area contributed by atoms with E-state index in [9.17, 15) is 56.2 Å². The molecular weight excluding hydrogens is 568 g/mol. The van der Waals surface area contributed by atoms with Gasteiger partial charge in [0, 0.05) is 46.9 Å². The van der Waals surface area contributed by atoms with E-state index in [4.69, 9.17) is 9.47 Å². The van der Waals surface area contributed by atoms with Crippen molar-refractivity contribution in [3.8, 4) is 63.2 Å². The van der Waals surface area contributed by atoms with Gasteiger partial charge in [0.1, 0.15) is 40.6 Å². The number of fused-ring (bicyclic) bond motifs is 2. The van der Waals surface area contributed by atoms with Crippen LogP contribution >= 0.6 is 0 Å². The van der Waals surface area contributed by atoms with Gasteiger partial charge in [-0.25, -0.2) is 0 Å². The second-order valence-electron chi connectivity index (χ2n) is 10.5. The summed E-state index contributed by atoms with van der Waals surface area (Å²) in [7, 11) is 0. The normalized spacial score (nSPS) is 22.6. The van der Waals surface area contributed by atoms with Crippen LogP contribution in [0.1, 0.15) is 45.9 Å². The van der Waals surface area contributed by atoms with Crippen LogP contribution in [-0.2, 0) is 6.42 Å². The van der Waals surface area contributed by atoms with Crippen LogP contribution in [0.2, 0.25) is 0 Å². The molecule has 4 aromatic rings. The molecule has 13 nitrogen and oxygen atoms in total. The first-order valence-electron chi connectivity index (χ1n) is 12.9. The van der Waals surface area contributed by atoms with Gasteiger partial charge in [0.05, 0.1) is 12.0 Å². The third kappa shape index (κ3) is 4.42. The highest BCUT2D eigenvalue weighted by atomic mass is 16.5. The van der Waals surface area contributed by atoms with Crippen LogP contribution in [-0.4, -0.2) is 68.4 Å². The fourth-order valence-electron chi connectivity index (χ4n) is 5.78. The largest absolute Gasteiger partial charge is 0.508 e. The van der Waals surface area contributed by atoms with Gasteiger partial charge in [-0.2, -0.15) is 0 Å². The maximum atomic E-state index is 11.8. The molecule has 11 N–H and O–H groups in total. The van der Waals surface area contributed by atoms with Crippen molar-refractivity contribution in [1.82, 2.24) is 0 Å². The van der Waals surface area contributed by atoms with Crippen molar-refractivity contribution in [2.45, 2.75) is 36.8 Å². The van der Waals surface area contributed by atoms with Crippen LogP contribution < -0.4 is 9.47 Å². The minimum absolute atomic E-state index is 0.0258. The quantitative estimate of drug-likeness (QED) is 0.153. The van der Waals surface area contributed by atoms with E-state index in [-0.39, 0.29) is 51.5 Å². The Balaban J connectivity index is 1.56. The number of ether oxygens (including phenoxy) is 2. The van der Waals surface area contributed by atoms with E-state index in [1.54, 1.807) is 0 Å². The second kappa shape index (κ2) is 9.86. The molecule has 5 unspecified atom stereocenters. The molecule has 6 rings (SSSR count). The Labute approximate surface area is 242 Å². The highest BCUT2D eigenvalue weighted by Gasteiger charge is 2.46. The van der Waals surface area contributed by atoms with Crippen LogP contribution in [0.15, 0.2) is 48.5 Å². The minimum atomic E-state index is -1.64. The predicted octanol–water partition coefficient (Wildman–Crippen LogP) is 2.70. The SMILES string of the molecule is Oc1cc(O)c2c(c1)OC(c1ccc(O)c(O)c1)C(O)C2c1c(O)cc(O)c2c1OC(c1cc(O)c(O)c(O)c1)C(O)C2. The van der Waals surface area contributed by atoms with Gasteiger partial charge in [-0.15, -0.1) is 0 Å². The first kappa shape index (κ1) is 27.8. The Morgan fingerprint density at radius 1 is 0.558 bits per heavy atom. The molecule has 2 aliphatic rings. The van der Waals surface area contributed by atoms with E-state index in [1.807, 2.05) is 0 Å². The van der Waals surface area contributed by atoms with E-state index >= 15 is 0 Å². The lowest BCUT2D eigenvalue weighted by Crippen LogP contribution is -2.36. The van der Waals surface area contributed by atoms with Crippen LogP contribution in [0.4, 0.5) is 0 Å². The molecule has 0 bridgehead atoms. The third-order valence-corrected chi connectivity index (χ3v) is 7.77. The monoisotopic (exact) mass is 594 g/mol. The third-order valence-electron chi connectivity index (χ3n) is 7.77. The Bertz CT molecular complexity index is 1750. The highest BCUT2D eigenvalue weighted by Crippen LogP contribution is 2.57. The molecule has 2 aliphatic heterocycles. The van der Waals surface area contributed by atoms with E-state index < -0.39 is 76.3 Å². The Hall–Kier alpha value is -5.40. The van der Waals surface area contributed by atoms with Crippen molar-refractivity contribution >= 4 is 0 Å². The summed E-state index contributed by atoms with van der Waals surface area (Å²) >= 11 is 0. The molecule has 2 heterocycles. The summed E-state index contributed by atoms with van der Waals surface area (Å²) < 4.78 is 12.0. The molecule has 0 fully saturated rings. The first-order valence-corrected chi connectivity index (χ1v) is 12.9. The maximum absolute atomic E-state index is 11.8. The number of hydrogen-bond donors (Lipinski definition) is 11. The summed E-state index contributed by atoms with van der Waals surface area (Å²) in [6.07, 6.45) is -5.87. The van der Waals surface area contributed by atoms with E-state index in [0.717, 1.165) is 30.3 Å². The number of phenols is 9. The summed E-state index contributed by atoms with van der Waals surface area (Å²) in [4.78, 5) is 0. The van der Waals surface area contributed by atoms with Crippen LogP contribution in [0.3, 0.4) is 0 Å². The predicted molar refractivity (Wildman–Crippen MR) is 145 cm³/mol. The molecule has 0 aliphatic carbocycles. The summed E-state index contributed by atoms with van der Waals surface area (Å²) in [5.41, 5.74) is 0.0126. The average molecular weight is 595 g/mol. The van der Waals surface area contributed by atoms with Gasteiger partial charge in [0.2, 0.25) is 0 Å². The van der Waals surface area contributed by atoms with Crippen molar-refractivity contribution in [1.29, 1.82) is 0 Å². The van der Waals surface area contributed by atoms with Gasteiger partial charge in [0.25, 0.3) is 0 Å². The molecule has 4 aromatic carbocycles. The lowest BCUT2D eigenvalue weighted by Gasteiger charge is -2.40. The topological polar surface area (TPSA) is 241 Å². The molecule has 224 valence electrons. The van der Waals surface area contributed by atoms with Crippen molar-refractivity contribution in [2.24, 2.45) is 0 Å². The van der Waals surface area contributed by atoms with Gasteiger partial charge in [-0.3, -0.25) is 0 Å². The number of hydrogen-bond acceptors (Lipinski definition) is 13. The average Bonchev–Trinajstić information content (AvgIpc) is 2.94. The molecule has 5 atom stereocenters. The van der Waals surface area contributed by atoms with Gasteiger partial charge < -0.3 is 65.6 Å². The van der Waals surface area contributed by atoms with Crippen molar-refractivity contribution < 1.29 is 65.6 Å². The molecule has 13 heteroatoms. The molecule has 0 saturated heterocycles. The fourth-order valence-corrected chi connectivity index (χ4v) is 5.78.